The monoisotopic (exact) mass is 269 g/mol. The highest BCUT2D eigenvalue weighted by atomic mass is 79.9. The summed E-state index contributed by atoms with van der Waals surface area (Å²) in [4.78, 5) is 12.0. The number of rotatable bonds is 1. The molecule has 0 amide bonds. The minimum atomic E-state index is 0.186. The molecule has 1 heterocycles. The van der Waals surface area contributed by atoms with E-state index in [1.807, 2.05) is 30.3 Å². The van der Waals surface area contributed by atoms with Crippen molar-refractivity contribution in [3.63, 3.8) is 0 Å². The fourth-order valence-electron chi connectivity index (χ4n) is 1.04. The average Bonchev–Trinajstić information content (AvgIpc) is 2.18. The summed E-state index contributed by atoms with van der Waals surface area (Å²) < 4.78 is 0.441. The molecule has 1 aromatic carbocycles. The van der Waals surface area contributed by atoms with Crippen molar-refractivity contribution >= 4 is 27.5 Å². The van der Waals surface area contributed by atoms with Crippen LogP contribution in [0.3, 0.4) is 0 Å². The van der Waals surface area contributed by atoms with Crippen LogP contribution in [0.15, 0.2) is 35.1 Å². The second kappa shape index (κ2) is 4.02. The zero-order chi connectivity index (χ0) is 9.97. The van der Waals surface area contributed by atoms with Gasteiger partial charge in [0.1, 0.15) is 0 Å². The topological polar surface area (TPSA) is 38.7 Å². The van der Waals surface area contributed by atoms with Crippen molar-refractivity contribution in [2.75, 3.05) is 0 Å². The van der Waals surface area contributed by atoms with Crippen molar-refractivity contribution in [3.8, 4) is 11.4 Å². The first-order chi connectivity index (χ1) is 6.75. The van der Waals surface area contributed by atoms with E-state index in [1.54, 1.807) is 0 Å². The number of nitrogens with zero attached hydrogens (tertiary/aromatic N) is 3. The molecule has 5 heteroatoms. The molecule has 0 radical (unpaired) electrons. The number of benzene rings is 1. The maximum absolute atomic E-state index is 5.71. The molecule has 0 saturated heterocycles. The van der Waals surface area contributed by atoms with Gasteiger partial charge in [-0.25, -0.2) is 4.98 Å². The molecule has 0 N–H and O–H groups in total. The Morgan fingerprint density at radius 2 is 1.71 bits per heavy atom. The fraction of sp³-hybridized carbons (Fsp3) is 0. The molecule has 0 spiro atoms. The molecule has 14 heavy (non-hydrogen) atoms. The quantitative estimate of drug-likeness (QED) is 0.800. The van der Waals surface area contributed by atoms with Crippen LogP contribution in [-0.4, -0.2) is 15.0 Å². The standard InChI is InChI=1S/C9H5BrClN3/c10-8-12-7(13-9(11)14-8)6-4-2-1-3-5-6/h1-5H. The van der Waals surface area contributed by atoms with Gasteiger partial charge in [0.25, 0.3) is 0 Å². The molecule has 0 aliphatic carbocycles. The van der Waals surface area contributed by atoms with Crippen LogP contribution >= 0.6 is 27.5 Å². The van der Waals surface area contributed by atoms with E-state index in [9.17, 15) is 0 Å². The van der Waals surface area contributed by atoms with E-state index in [-0.39, 0.29) is 5.28 Å². The Bertz CT molecular complexity index is 427. The Morgan fingerprint density at radius 1 is 1.00 bits per heavy atom. The fourth-order valence-corrected chi connectivity index (χ4v) is 1.64. The van der Waals surface area contributed by atoms with Gasteiger partial charge in [0.15, 0.2) is 5.82 Å². The second-order valence-electron chi connectivity index (χ2n) is 2.56. The summed E-state index contributed by atoms with van der Waals surface area (Å²) in [6, 6.07) is 9.60. The summed E-state index contributed by atoms with van der Waals surface area (Å²) in [5, 5.41) is 0.186. The Balaban J connectivity index is 2.52. The molecule has 0 fully saturated rings. The van der Waals surface area contributed by atoms with E-state index in [1.165, 1.54) is 0 Å². The molecule has 0 aliphatic rings. The largest absolute Gasteiger partial charge is 0.226 e. The van der Waals surface area contributed by atoms with Gasteiger partial charge in [0.2, 0.25) is 10.0 Å². The molecule has 0 saturated carbocycles. The predicted octanol–water partition coefficient (Wildman–Crippen LogP) is 2.95. The van der Waals surface area contributed by atoms with E-state index < -0.39 is 0 Å². The molecule has 0 atom stereocenters. The summed E-state index contributed by atoms with van der Waals surface area (Å²) >= 11 is 8.87. The van der Waals surface area contributed by atoms with Crippen molar-refractivity contribution in [2.24, 2.45) is 0 Å². The summed E-state index contributed by atoms with van der Waals surface area (Å²) in [5.41, 5.74) is 0.914. The third-order valence-electron chi connectivity index (χ3n) is 1.61. The van der Waals surface area contributed by atoms with Crippen LogP contribution in [-0.2, 0) is 0 Å². The van der Waals surface area contributed by atoms with Gasteiger partial charge in [0.05, 0.1) is 0 Å². The number of hydrogen-bond donors (Lipinski definition) is 0. The molecule has 1 aromatic heterocycles. The average molecular weight is 271 g/mol. The van der Waals surface area contributed by atoms with Gasteiger partial charge in [-0.05, 0) is 27.5 Å². The lowest BCUT2D eigenvalue weighted by atomic mass is 10.2. The third kappa shape index (κ3) is 2.08. The van der Waals surface area contributed by atoms with Gasteiger partial charge in [0, 0.05) is 5.56 Å². The van der Waals surface area contributed by atoms with E-state index in [4.69, 9.17) is 11.6 Å². The lowest BCUT2D eigenvalue weighted by molar-refractivity contribution is 1.02. The van der Waals surface area contributed by atoms with Crippen LogP contribution in [0.2, 0.25) is 5.28 Å². The highest BCUT2D eigenvalue weighted by Gasteiger charge is 2.04. The van der Waals surface area contributed by atoms with Gasteiger partial charge >= 0.3 is 0 Å². The Kier molecular flexibility index (Phi) is 2.74. The van der Waals surface area contributed by atoms with Gasteiger partial charge in [-0.1, -0.05) is 30.3 Å². The summed E-state index contributed by atoms with van der Waals surface area (Å²) in [5.74, 6) is 0.567. The minimum Gasteiger partial charge on any atom is -0.202 e. The van der Waals surface area contributed by atoms with Crippen molar-refractivity contribution in [1.82, 2.24) is 15.0 Å². The minimum absolute atomic E-state index is 0.186. The first-order valence-electron chi connectivity index (χ1n) is 3.88. The van der Waals surface area contributed by atoms with Gasteiger partial charge < -0.3 is 0 Å². The second-order valence-corrected chi connectivity index (χ2v) is 3.61. The summed E-state index contributed by atoms with van der Waals surface area (Å²) in [7, 11) is 0. The Labute approximate surface area is 94.3 Å². The van der Waals surface area contributed by atoms with E-state index in [0.717, 1.165) is 5.56 Å². The highest BCUT2D eigenvalue weighted by molar-refractivity contribution is 9.10. The maximum Gasteiger partial charge on any atom is 0.226 e. The van der Waals surface area contributed by atoms with E-state index >= 15 is 0 Å². The molecule has 2 aromatic rings. The normalized spacial score (nSPS) is 10.1. The maximum atomic E-state index is 5.71. The Hall–Kier alpha value is -1.00. The molecular formula is C9H5BrClN3. The van der Waals surface area contributed by atoms with Crippen LogP contribution in [0, 0.1) is 0 Å². The van der Waals surface area contributed by atoms with Crippen LogP contribution < -0.4 is 0 Å². The van der Waals surface area contributed by atoms with Gasteiger partial charge in [-0.15, -0.1) is 0 Å². The smallest absolute Gasteiger partial charge is 0.202 e. The summed E-state index contributed by atoms with van der Waals surface area (Å²) in [6.45, 7) is 0. The first kappa shape index (κ1) is 9.55. The molecule has 70 valence electrons. The first-order valence-corrected chi connectivity index (χ1v) is 5.05. The number of hydrogen-bond acceptors (Lipinski definition) is 3. The summed E-state index contributed by atoms with van der Waals surface area (Å²) in [6.07, 6.45) is 0. The molecule has 3 nitrogen and oxygen atoms in total. The Morgan fingerprint density at radius 3 is 2.36 bits per heavy atom. The predicted molar refractivity (Wildman–Crippen MR) is 58.0 cm³/mol. The van der Waals surface area contributed by atoms with Crippen molar-refractivity contribution < 1.29 is 0 Å². The molecule has 0 bridgehead atoms. The molecule has 0 unspecified atom stereocenters. The molecule has 2 rings (SSSR count). The zero-order valence-corrected chi connectivity index (χ0v) is 9.33. The van der Waals surface area contributed by atoms with Crippen molar-refractivity contribution in [2.45, 2.75) is 0 Å². The molecule has 0 aliphatic heterocycles. The molecular weight excluding hydrogens is 265 g/mol. The van der Waals surface area contributed by atoms with Crippen molar-refractivity contribution in [1.29, 1.82) is 0 Å². The van der Waals surface area contributed by atoms with Crippen LogP contribution in [0.4, 0.5) is 0 Å². The number of halogens is 2. The number of aromatic nitrogens is 3. The van der Waals surface area contributed by atoms with E-state index in [2.05, 4.69) is 30.9 Å². The van der Waals surface area contributed by atoms with Gasteiger partial charge in [-0.2, -0.15) is 9.97 Å². The van der Waals surface area contributed by atoms with E-state index in [0.29, 0.717) is 10.6 Å². The lowest BCUT2D eigenvalue weighted by Gasteiger charge is -1.99. The van der Waals surface area contributed by atoms with Crippen molar-refractivity contribution in [3.05, 3.63) is 40.3 Å². The zero-order valence-electron chi connectivity index (χ0n) is 6.98. The van der Waals surface area contributed by atoms with Crippen LogP contribution in [0.5, 0.6) is 0 Å². The highest BCUT2D eigenvalue weighted by Crippen LogP contribution is 2.17. The lowest BCUT2D eigenvalue weighted by Crippen LogP contribution is -1.93. The SMILES string of the molecule is Clc1nc(Br)nc(-c2ccccc2)n1. The third-order valence-corrected chi connectivity index (χ3v) is 2.14. The van der Waals surface area contributed by atoms with Crippen LogP contribution in [0.25, 0.3) is 11.4 Å². The van der Waals surface area contributed by atoms with Crippen LogP contribution in [0.1, 0.15) is 0 Å². The van der Waals surface area contributed by atoms with Gasteiger partial charge in [-0.3, -0.25) is 0 Å².